The molecule has 42 heavy (non-hydrogen) atoms. The SMILES string of the molecule is CCC(C(=O)N(CCC(=O)Nc1nnc(-c2cccc(OC)c2)s1)CCc1ccc(OC)c(OC)c1)c1ccccc1. The van der Waals surface area contributed by atoms with E-state index in [-0.39, 0.29) is 30.7 Å². The lowest BCUT2D eigenvalue weighted by Crippen LogP contribution is -2.38. The summed E-state index contributed by atoms with van der Waals surface area (Å²) in [4.78, 5) is 28.6. The molecule has 0 bridgehead atoms. The Morgan fingerprint density at radius 2 is 1.67 bits per heavy atom. The first-order valence-corrected chi connectivity index (χ1v) is 14.6. The molecule has 0 saturated heterocycles. The number of hydrogen-bond donors (Lipinski definition) is 1. The maximum Gasteiger partial charge on any atom is 0.230 e. The lowest BCUT2D eigenvalue weighted by molar-refractivity contribution is -0.133. The topological polar surface area (TPSA) is 103 Å². The van der Waals surface area contributed by atoms with Crippen molar-refractivity contribution in [2.24, 2.45) is 0 Å². The first-order valence-electron chi connectivity index (χ1n) is 13.8. The molecule has 0 saturated carbocycles. The van der Waals surface area contributed by atoms with Crippen molar-refractivity contribution < 1.29 is 23.8 Å². The lowest BCUT2D eigenvalue weighted by Gasteiger charge is -2.27. The van der Waals surface area contributed by atoms with E-state index >= 15 is 0 Å². The zero-order valence-electron chi connectivity index (χ0n) is 24.3. The molecule has 1 atom stereocenters. The number of aromatic nitrogens is 2. The second-order valence-electron chi connectivity index (χ2n) is 9.58. The molecule has 220 valence electrons. The second-order valence-corrected chi connectivity index (χ2v) is 10.6. The highest BCUT2D eigenvalue weighted by atomic mass is 32.1. The van der Waals surface area contributed by atoms with Gasteiger partial charge in [0.25, 0.3) is 0 Å². The van der Waals surface area contributed by atoms with E-state index in [1.807, 2.05) is 79.7 Å². The molecular weight excluding hydrogens is 552 g/mol. The number of hydrogen-bond acceptors (Lipinski definition) is 8. The van der Waals surface area contributed by atoms with E-state index in [2.05, 4.69) is 15.5 Å². The number of ether oxygens (including phenoxy) is 3. The maximum atomic E-state index is 13.8. The van der Waals surface area contributed by atoms with E-state index in [4.69, 9.17) is 14.2 Å². The van der Waals surface area contributed by atoms with Crippen molar-refractivity contribution in [3.63, 3.8) is 0 Å². The Balaban J connectivity index is 1.45. The average Bonchev–Trinajstić information content (AvgIpc) is 3.50. The fraction of sp³-hybridized carbons (Fsp3) is 0.312. The highest BCUT2D eigenvalue weighted by Gasteiger charge is 2.25. The number of methoxy groups -OCH3 is 3. The first-order chi connectivity index (χ1) is 20.4. The van der Waals surface area contributed by atoms with Crippen molar-refractivity contribution in [2.45, 2.75) is 32.1 Å². The van der Waals surface area contributed by atoms with Crippen molar-refractivity contribution in [1.29, 1.82) is 0 Å². The van der Waals surface area contributed by atoms with Gasteiger partial charge in [0.15, 0.2) is 11.5 Å². The van der Waals surface area contributed by atoms with Gasteiger partial charge >= 0.3 is 0 Å². The zero-order chi connectivity index (χ0) is 29.9. The molecule has 10 heteroatoms. The molecule has 4 rings (SSSR count). The van der Waals surface area contributed by atoms with Crippen LogP contribution in [-0.2, 0) is 16.0 Å². The number of rotatable bonds is 14. The average molecular weight is 589 g/mol. The minimum absolute atomic E-state index is 0.00629. The Hall–Kier alpha value is -4.44. The van der Waals surface area contributed by atoms with E-state index in [0.717, 1.165) is 16.7 Å². The monoisotopic (exact) mass is 588 g/mol. The molecule has 0 aliphatic rings. The van der Waals surface area contributed by atoms with E-state index in [0.29, 0.717) is 46.8 Å². The van der Waals surface area contributed by atoms with Gasteiger partial charge in [-0.25, -0.2) is 0 Å². The molecular formula is C32H36N4O5S. The van der Waals surface area contributed by atoms with Crippen LogP contribution in [0.5, 0.6) is 17.2 Å². The van der Waals surface area contributed by atoms with Crippen LogP contribution in [0.4, 0.5) is 5.13 Å². The molecule has 1 unspecified atom stereocenters. The molecule has 1 aromatic heterocycles. The Morgan fingerprint density at radius 3 is 2.38 bits per heavy atom. The number of nitrogens with one attached hydrogen (secondary N) is 1. The highest BCUT2D eigenvalue weighted by Crippen LogP contribution is 2.30. The van der Waals surface area contributed by atoms with Crippen LogP contribution in [-0.4, -0.2) is 61.3 Å². The molecule has 0 spiro atoms. The molecule has 1 N–H and O–H groups in total. The van der Waals surface area contributed by atoms with Gasteiger partial charge in [-0.15, -0.1) is 10.2 Å². The summed E-state index contributed by atoms with van der Waals surface area (Å²) in [6, 6.07) is 23.0. The molecule has 0 fully saturated rings. The van der Waals surface area contributed by atoms with E-state index in [1.165, 1.54) is 11.3 Å². The summed E-state index contributed by atoms with van der Waals surface area (Å²) < 4.78 is 16.1. The van der Waals surface area contributed by atoms with Crippen LogP contribution in [0.3, 0.4) is 0 Å². The largest absolute Gasteiger partial charge is 0.497 e. The summed E-state index contributed by atoms with van der Waals surface area (Å²) in [6.45, 7) is 2.72. The van der Waals surface area contributed by atoms with Crippen LogP contribution in [0.1, 0.15) is 36.8 Å². The summed E-state index contributed by atoms with van der Waals surface area (Å²) in [7, 11) is 4.80. The molecule has 0 aliphatic carbocycles. The van der Waals surface area contributed by atoms with Crippen LogP contribution in [0.15, 0.2) is 72.8 Å². The molecule has 3 aromatic carbocycles. The predicted octanol–water partition coefficient (Wildman–Crippen LogP) is 5.82. The molecule has 9 nitrogen and oxygen atoms in total. The van der Waals surface area contributed by atoms with Crippen molar-refractivity contribution in [2.75, 3.05) is 39.7 Å². The van der Waals surface area contributed by atoms with Gasteiger partial charge < -0.3 is 24.4 Å². The van der Waals surface area contributed by atoms with Gasteiger partial charge in [-0.1, -0.05) is 66.8 Å². The summed E-state index contributed by atoms with van der Waals surface area (Å²) >= 11 is 1.28. The van der Waals surface area contributed by atoms with Crippen LogP contribution >= 0.6 is 11.3 Å². The van der Waals surface area contributed by atoms with Gasteiger partial charge in [0.2, 0.25) is 16.9 Å². The van der Waals surface area contributed by atoms with Gasteiger partial charge in [0.1, 0.15) is 10.8 Å². The Bertz CT molecular complexity index is 1480. The smallest absolute Gasteiger partial charge is 0.230 e. The molecule has 0 aliphatic heterocycles. The Labute approximate surface area is 250 Å². The predicted molar refractivity (Wildman–Crippen MR) is 164 cm³/mol. The van der Waals surface area contributed by atoms with Gasteiger partial charge in [0.05, 0.1) is 27.2 Å². The van der Waals surface area contributed by atoms with E-state index in [1.54, 1.807) is 26.2 Å². The third-order valence-electron chi connectivity index (χ3n) is 6.94. The number of carbonyl (C=O) groups excluding carboxylic acids is 2. The third-order valence-corrected chi connectivity index (χ3v) is 7.82. The van der Waals surface area contributed by atoms with Crippen molar-refractivity contribution >= 4 is 28.3 Å². The fourth-order valence-corrected chi connectivity index (χ4v) is 5.41. The molecule has 4 aromatic rings. The van der Waals surface area contributed by atoms with Gasteiger partial charge in [-0.3, -0.25) is 9.59 Å². The van der Waals surface area contributed by atoms with Gasteiger partial charge in [-0.2, -0.15) is 0 Å². The number of amides is 2. The zero-order valence-corrected chi connectivity index (χ0v) is 25.1. The number of carbonyl (C=O) groups is 2. The summed E-state index contributed by atoms with van der Waals surface area (Å²) in [5, 5.41) is 12.2. The molecule has 1 heterocycles. The number of nitrogens with zero attached hydrogens (tertiary/aromatic N) is 3. The summed E-state index contributed by atoms with van der Waals surface area (Å²) in [6.07, 6.45) is 1.37. The Kier molecular flexibility index (Phi) is 10.9. The summed E-state index contributed by atoms with van der Waals surface area (Å²) in [5.41, 5.74) is 2.82. The van der Waals surface area contributed by atoms with Crippen LogP contribution < -0.4 is 19.5 Å². The van der Waals surface area contributed by atoms with Gasteiger partial charge in [-0.05, 0) is 48.2 Å². The van der Waals surface area contributed by atoms with Crippen LogP contribution in [0.2, 0.25) is 0 Å². The Morgan fingerprint density at radius 1 is 0.881 bits per heavy atom. The second kappa shape index (κ2) is 15.0. The van der Waals surface area contributed by atoms with Crippen molar-refractivity contribution in [3.8, 4) is 27.8 Å². The normalized spacial score (nSPS) is 11.4. The number of benzene rings is 3. The maximum absolute atomic E-state index is 13.8. The van der Waals surface area contributed by atoms with E-state index < -0.39 is 0 Å². The fourth-order valence-electron chi connectivity index (χ4n) is 4.66. The van der Waals surface area contributed by atoms with Crippen LogP contribution in [0, 0.1) is 0 Å². The number of anilines is 1. The standard InChI is InChI=1S/C32H36N4O5S/c1-5-26(23-10-7-6-8-11-23)31(38)36(18-16-22-14-15-27(40-3)28(20-22)41-4)19-17-29(37)33-32-35-34-30(42-32)24-12-9-13-25(21-24)39-2/h6-15,20-21,26H,5,16-19H2,1-4H3,(H,33,35,37). The van der Waals surface area contributed by atoms with Crippen molar-refractivity contribution in [3.05, 3.63) is 83.9 Å². The third kappa shape index (κ3) is 7.85. The first kappa shape index (κ1) is 30.5. The molecule has 2 amide bonds. The minimum Gasteiger partial charge on any atom is -0.497 e. The molecule has 0 radical (unpaired) electrons. The summed E-state index contributed by atoms with van der Waals surface area (Å²) in [5.74, 6) is 1.45. The van der Waals surface area contributed by atoms with Gasteiger partial charge in [0, 0.05) is 25.1 Å². The highest BCUT2D eigenvalue weighted by molar-refractivity contribution is 7.18. The van der Waals surface area contributed by atoms with E-state index in [9.17, 15) is 9.59 Å². The minimum atomic E-state index is -0.298. The van der Waals surface area contributed by atoms with Crippen LogP contribution in [0.25, 0.3) is 10.6 Å². The van der Waals surface area contributed by atoms with Crippen molar-refractivity contribution in [1.82, 2.24) is 15.1 Å². The lowest BCUT2D eigenvalue weighted by atomic mass is 9.94. The quantitative estimate of drug-likeness (QED) is 0.198.